The Morgan fingerprint density at radius 1 is 1.04 bits per heavy atom. The van der Waals surface area contributed by atoms with Gasteiger partial charge < -0.3 is 10.6 Å². The van der Waals surface area contributed by atoms with Gasteiger partial charge in [-0.15, -0.1) is 0 Å². The molecular weight excluding hydrogens is 298 g/mol. The number of hydrogen-bond donors (Lipinski definition) is 1. The zero-order chi connectivity index (χ0) is 16.5. The third kappa shape index (κ3) is 3.09. The van der Waals surface area contributed by atoms with Crippen LogP contribution in [0, 0.1) is 17.8 Å². The lowest BCUT2D eigenvalue weighted by molar-refractivity contribution is -0.139. The van der Waals surface area contributed by atoms with Crippen molar-refractivity contribution in [3.8, 4) is 0 Å². The van der Waals surface area contributed by atoms with Crippen LogP contribution in [0.25, 0.3) is 0 Å². The van der Waals surface area contributed by atoms with Crippen molar-refractivity contribution in [2.45, 2.75) is 31.7 Å². The minimum Gasteiger partial charge on any atom is -0.340 e. The predicted molar refractivity (Wildman–Crippen MR) is 95.5 cm³/mol. The molecule has 1 aromatic rings. The highest BCUT2D eigenvalue weighted by Crippen LogP contribution is 2.48. The van der Waals surface area contributed by atoms with E-state index in [1.54, 1.807) is 0 Å². The molecule has 4 nitrogen and oxygen atoms in total. The maximum atomic E-state index is 12.9. The summed E-state index contributed by atoms with van der Waals surface area (Å²) < 4.78 is 0. The SMILES string of the molecule is NC1C2CCC(C2)C1C(=O)N1CCN(CCc2ccccc2)CC1. The van der Waals surface area contributed by atoms with Gasteiger partial charge in [-0.1, -0.05) is 30.3 Å². The maximum Gasteiger partial charge on any atom is 0.227 e. The first-order chi connectivity index (χ1) is 11.7. The number of benzene rings is 1. The molecule has 1 heterocycles. The number of fused-ring (bicyclic) bond motifs is 2. The van der Waals surface area contributed by atoms with Crippen LogP contribution < -0.4 is 5.73 Å². The monoisotopic (exact) mass is 327 g/mol. The Bertz CT molecular complexity index is 566. The van der Waals surface area contributed by atoms with Crippen LogP contribution in [-0.4, -0.2) is 54.5 Å². The van der Waals surface area contributed by atoms with E-state index in [2.05, 4.69) is 40.1 Å². The first-order valence-electron chi connectivity index (χ1n) is 9.53. The third-order valence-corrected chi connectivity index (χ3v) is 6.51. The summed E-state index contributed by atoms with van der Waals surface area (Å²) in [4.78, 5) is 17.5. The molecule has 2 saturated carbocycles. The highest BCUT2D eigenvalue weighted by atomic mass is 16.2. The topological polar surface area (TPSA) is 49.6 Å². The number of carbonyl (C=O) groups is 1. The number of nitrogens with zero attached hydrogens (tertiary/aromatic N) is 2. The molecule has 24 heavy (non-hydrogen) atoms. The Labute approximate surface area is 145 Å². The lowest BCUT2D eigenvalue weighted by atomic mass is 9.84. The van der Waals surface area contributed by atoms with E-state index in [-0.39, 0.29) is 12.0 Å². The lowest BCUT2D eigenvalue weighted by Gasteiger charge is -2.38. The molecule has 2 N–H and O–H groups in total. The van der Waals surface area contributed by atoms with Gasteiger partial charge in [0, 0.05) is 38.8 Å². The van der Waals surface area contributed by atoms with Crippen molar-refractivity contribution in [3.63, 3.8) is 0 Å². The number of hydrogen-bond acceptors (Lipinski definition) is 3. The molecule has 130 valence electrons. The first kappa shape index (κ1) is 16.1. The van der Waals surface area contributed by atoms with Crippen molar-refractivity contribution in [1.82, 2.24) is 9.80 Å². The van der Waals surface area contributed by atoms with E-state index in [1.807, 2.05) is 0 Å². The fourth-order valence-corrected chi connectivity index (χ4v) is 5.04. The Morgan fingerprint density at radius 3 is 2.42 bits per heavy atom. The smallest absolute Gasteiger partial charge is 0.227 e. The fourth-order valence-electron chi connectivity index (χ4n) is 5.04. The molecule has 0 spiro atoms. The highest BCUT2D eigenvalue weighted by Gasteiger charge is 2.50. The van der Waals surface area contributed by atoms with Gasteiger partial charge in [-0.05, 0) is 43.1 Å². The van der Waals surface area contributed by atoms with Crippen molar-refractivity contribution in [2.75, 3.05) is 32.7 Å². The van der Waals surface area contributed by atoms with Gasteiger partial charge in [0.1, 0.15) is 0 Å². The minimum absolute atomic E-state index is 0.111. The Kier molecular flexibility index (Phi) is 4.59. The zero-order valence-corrected chi connectivity index (χ0v) is 14.4. The molecule has 2 aliphatic carbocycles. The van der Waals surface area contributed by atoms with Crippen LogP contribution >= 0.6 is 0 Å². The van der Waals surface area contributed by atoms with Gasteiger partial charge in [0.2, 0.25) is 5.91 Å². The van der Waals surface area contributed by atoms with E-state index in [1.165, 1.54) is 24.8 Å². The molecule has 1 aromatic carbocycles. The van der Waals surface area contributed by atoms with E-state index in [0.717, 1.165) is 39.1 Å². The van der Waals surface area contributed by atoms with Gasteiger partial charge in [0.25, 0.3) is 0 Å². The molecule has 3 fully saturated rings. The van der Waals surface area contributed by atoms with Crippen LogP contribution in [0.15, 0.2) is 30.3 Å². The fraction of sp³-hybridized carbons (Fsp3) is 0.650. The van der Waals surface area contributed by atoms with E-state index in [0.29, 0.717) is 17.7 Å². The van der Waals surface area contributed by atoms with E-state index in [9.17, 15) is 4.79 Å². The van der Waals surface area contributed by atoms with Gasteiger partial charge in [0.15, 0.2) is 0 Å². The number of rotatable bonds is 4. The Morgan fingerprint density at radius 2 is 1.75 bits per heavy atom. The van der Waals surface area contributed by atoms with Crippen molar-refractivity contribution in [2.24, 2.45) is 23.5 Å². The van der Waals surface area contributed by atoms with Gasteiger partial charge in [-0.2, -0.15) is 0 Å². The average Bonchev–Trinajstić information content (AvgIpc) is 3.22. The summed E-state index contributed by atoms with van der Waals surface area (Å²) in [6.07, 6.45) is 4.73. The second-order valence-electron chi connectivity index (χ2n) is 7.84. The Hall–Kier alpha value is -1.39. The molecule has 1 amide bonds. The number of carbonyl (C=O) groups excluding carboxylic acids is 1. The largest absolute Gasteiger partial charge is 0.340 e. The number of amides is 1. The molecule has 1 saturated heterocycles. The van der Waals surface area contributed by atoms with Crippen molar-refractivity contribution in [3.05, 3.63) is 35.9 Å². The van der Waals surface area contributed by atoms with Crippen LogP contribution in [0.5, 0.6) is 0 Å². The molecule has 4 rings (SSSR count). The highest BCUT2D eigenvalue weighted by molar-refractivity contribution is 5.80. The molecule has 4 unspecified atom stereocenters. The molecule has 3 aliphatic rings. The minimum atomic E-state index is 0.111. The van der Waals surface area contributed by atoms with Crippen molar-refractivity contribution >= 4 is 5.91 Å². The van der Waals surface area contributed by atoms with Gasteiger partial charge in [-0.3, -0.25) is 9.69 Å². The van der Waals surface area contributed by atoms with Gasteiger partial charge >= 0.3 is 0 Å². The summed E-state index contributed by atoms with van der Waals surface area (Å²) in [5.41, 5.74) is 7.75. The summed E-state index contributed by atoms with van der Waals surface area (Å²) in [6.45, 7) is 4.81. The first-order valence-corrected chi connectivity index (χ1v) is 9.53. The zero-order valence-electron chi connectivity index (χ0n) is 14.4. The normalized spacial score (nSPS) is 33.1. The summed E-state index contributed by atoms with van der Waals surface area (Å²) >= 11 is 0. The van der Waals surface area contributed by atoms with E-state index in [4.69, 9.17) is 5.73 Å². The summed E-state index contributed by atoms with van der Waals surface area (Å²) in [5.74, 6) is 1.63. The molecule has 0 radical (unpaired) electrons. The predicted octanol–water partition coefficient (Wildman–Crippen LogP) is 1.75. The Balaban J connectivity index is 1.26. The average molecular weight is 327 g/mol. The van der Waals surface area contributed by atoms with Gasteiger partial charge in [-0.25, -0.2) is 0 Å². The van der Waals surface area contributed by atoms with Gasteiger partial charge in [0.05, 0.1) is 5.92 Å². The molecule has 4 atom stereocenters. The molecular formula is C20H29N3O. The van der Waals surface area contributed by atoms with Crippen molar-refractivity contribution in [1.29, 1.82) is 0 Å². The molecule has 2 bridgehead atoms. The van der Waals surface area contributed by atoms with Crippen molar-refractivity contribution < 1.29 is 4.79 Å². The number of nitrogens with two attached hydrogens (primary N) is 1. The third-order valence-electron chi connectivity index (χ3n) is 6.51. The van der Waals surface area contributed by atoms with E-state index >= 15 is 0 Å². The number of piperazine rings is 1. The second kappa shape index (κ2) is 6.85. The standard InChI is InChI=1S/C20H29N3O/c21-19-17-7-6-16(14-17)18(19)20(24)23-12-10-22(11-13-23)9-8-15-4-2-1-3-5-15/h1-5,16-19H,6-14,21H2. The van der Waals surface area contributed by atoms with Crippen LogP contribution in [-0.2, 0) is 11.2 Å². The molecule has 4 heteroatoms. The summed E-state index contributed by atoms with van der Waals surface area (Å²) in [6, 6.07) is 10.8. The summed E-state index contributed by atoms with van der Waals surface area (Å²) in [7, 11) is 0. The maximum absolute atomic E-state index is 12.9. The lowest BCUT2D eigenvalue weighted by Crippen LogP contribution is -2.54. The quantitative estimate of drug-likeness (QED) is 0.916. The van der Waals surface area contributed by atoms with Crippen LogP contribution in [0.3, 0.4) is 0 Å². The van der Waals surface area contributed by atoms with Crippen LogP contribution in [0.2, 0.25) is 0 Å². The van der Waals surface area contributed by atoms with Crippen LogP contribution in [0.4, 0.5) is 0 Å². The van der Waals surface area contributed by atoms with E-state index < -0.39 is 0 Å². The molecule has 0 aromatic heterocycles. The van der Waals surface area contributed by atoms with Crippen LogP contribution in [0.1, 0.15) is 24.8 Å². The molecule has 1 aliphatic heterocycles. The second-order valence-corrected chi connectivity index (χ2v) is 7.84. The summed E-state index contributed by atoms with van der Waals surface area (Å²) in [5, 5.41) is 0.